The number of amides is 2. The van der Waals surface area contributed by atoms with E-state index in [0.29, 0.717) is 22.0 Å². The number of rotatable bonds is 6. The van der Waals surface area contributed by atoms with Crippen molar-refractivity contribution < 1.29 is 23.6 Å². The lowest BCUT2D eigenvalue weighted by Gasteiger charge is -2.22. The molecule has 194 valence electrons. The maximum atomic E-state index is 13.3. The van der Waals surface area contributed by atoms with Gasteiger partial charge in [-0.05, 0) is 43.7 Å². The molecular weight excluding hydrogens is 482 g/mol. The van der Waals surface area contributed by atoms with Crippen molar-refractivity contribution >= 4 is 34.4 Å². The molecule has 0 aromatic heterocycles. The molecule has 0 N–H and O–H groups in total. The zero-order chi connectivity index (χ0) is 27.0. The van der Waals surface area contributed by atoms with E-state index >= 15 is 0 Å². The molecule has 2 amide bonds. The molecule has 2 aromatic rings. The maximum absolute atomic E-state index is 13.3. The number of carbonyl (C=O) groups excluding carboxylic acids is 3. The van der Waals surface area contributed by atoms with Crippen LogP contribution in [0.15, 0.2) is 65.1 Å². The Morgan fingerprint density at radius 1 is 0.947 bits per heavy atom. The van der Waals surface area contributed by atoms with Crippen molar-refractivity contribution in [3.8, 4) is 22.5 Å². The highest BCUT2D eigenvalue weighted by atomic mass is 16.7. The summed E-state index contributed by atoms with van der Waals surface area (Å²) in [6.07, 6.45) is 0.0681. The summed E-state index contributed by atoms with van der Waals surface area (Å²) in [6.45, 7) is 5.93. The number of hydrogen-bond donors (Lipinski definition) is 0. The van der Waals surface area contributed by atoms with Crippen molar-refractivity contribution in [1.82, 2.24) is 9.64 Å². The monoisotopic (exact) mass is 512 g/mol. The van der Waals surface area contributed by atoms with Crippen LogP contribution in [0.5, 0.6) is 0 Å². The number of anilines is 1. The van der Waals surface area contributed by atoms with E-state index in [4.69, 9.17) is 9.25 Å². The number of hydroxylamine groups is 2. The van der Waals surface area contributed by atoms with Crippen LogP contribution in [0.1, 0.15) is 37.0 Å². The van der Waals surface area contributed by atoms with Crippen LogP contribution in [0.2, 0.25) is 0 Å². The average molecular weight is 513 g/mol. The Labute approximate surface area is 220 Å². The van der Waals surface area contributed by atoms with Crippen LogP contribution in [0, 0.1) is 0 Å². The van der Waals surface area contributed by atoms with E-state index in [9.17, 15) is 14.4 Å². The number of hydrogen-bond acceptors (Lipinski definition) is 6. The third-order valence-electron chi connectivity index (χ3n) is 6.93. The van der Waals surface area contributed by atoms with Crippen molar-refractivity contribution in [3.05, 3.63) is 71.6 Å². The molecule has 1 aliphatic carbocycles. The van der Waals surface area contributed by atoms with Gasteiger partial charge in [0.05, 0.1) is 11.6 Å². The van der Waals surface area contributed by atoms with Gasteiger partial charge in [-0.1, -0.05) is 18.2 Å². The van der Waals surface area contributed by atoms with E-state index < -0.39 is 17.8 Å². The standard InChI is InChI=1S/C30H30N3O5/c1-5-32(6-2)20-12-14-24-26(18-20)37-25-17-19(31(3)4)11-13-23(25)29(24)21-9-7-8-10-22(21)30(36)38-33-27(34)15-16-28(33)35/h7-14,17-18H,5-6,15-16H2,1-4H3/q+1. The van der Waals surface area contributed by atoms with Crippen molar-refractivity contribution in [1.29, 1.82) is 0 Å². The predicted molar refractivity (Wildman–Crippen MR) is 145 cm³/mol. The average Bonchev–Trinajstić information content (AvgIpc) is 3.24. The van der Waals surface area contributed by atoms with Gasteiger partial charge in [-0.25, -0.2) is 9.37 Å². The number of nitrogens with zero attached hydrogens (tertiary/aromatic N) is 3. The minimum absolute atomic E-state index is 0.0340. The lowest BCUT2D eigenvalue weighted by atomic mass is 9.90. The Morgan fingerprint density at radius 2 is 1.66 bits per heavy atom. The molecule has 38 heavy (non-hydrogen) atoms. The van der Waals surface area contributed by atoms with E-state index in [1.54, 1.807) is 12.1 Å². The molecule has 1 saturated heterocycles. The van der Waals surface area contributed by atoms with Gasteiger partial charge in [-0.15, -0.1) is 5.06 Å². The van der Waals surface area contributed by atoms with Crippen LogP contribution in [-0.4, -0.2) is 50.0 Å². The van der Waals surface area contributed by atoms with Gasteiger partial charge in [0.15, 0.2) is 0 Å². The molecule has 0 radical (unpaired) electrons. The van der Waals surface area contributed by atoms with Crippen LogP contribution in [0.25, 0.3) is 33.4 Å². The normalized spacial score (nSPS) is 13.4. The molecule has 2 aromatic carbocycles. The summed E-state index contributed by atoms with van der Waals surface area (Å²) in [4.78, 5) is 45.0. The van der Waals surface area contributed by atoms with Crippen LogP contribution < -0.4 is 14.8 Å². The Kier molecular flexibility index (Phi) is 6.72. The summed E-state index contributed by atoms with van der Waals surface area (Å²) in [6, 6.07) is 19.1. The molecule has 0 spiro atoms. The largest absolute Gasteiger partial charge is 0.456 e. The summed E-state index contributed by atoms with van der Waals surface area (Å²) < 4.78 is 8.45. The third-order valence-corrected chi connectivity index (χ3v) is 6.93. The fraction of sp³-hybridized carbons (Fsp3) is 0.267. The van der Waals surface area contributed by atoms with Crippen LogP contribution in [0.4, 0.5) is 5.69 Å². The molecular formula is C30H30N3O5+. The topological polar surface area (TPSA) is 83.1 Å². The third kappa shape index (κ3) is 4.42. The lowest BCUT2D eigenvalue weighted by Crippen LogP contribution is -2.32. The summed E-state index contributed by atoms with van der Waals surface area (Å²) >= 11 is 0. The Hall–Kier alpha value is -4.46. The van der Waals surface area contributed by atoms with Gasteiger partial charge in [0.25, 0.3) is 11.8 Å². The van der Waals surface area contributed by atoms with Crippen LogP contribution in [-0.2, 0) is 14.4 Å². The minimum atomic E-state index is -0.768. The second-order valence-corrected chi connectivity index (χ2v) is 9.41. The number of benzene rings is 3. The van der Waals surface area contributed by atoms with Crippen molar-refractivity contribution in [3.63, 3.8) is 0 Å². The highest BCUT2D eigenvalue weighted by Gasteiger charge is 2.34. The summed E-state index contributed by atoms with van der Waals surface area (Å²) in [5.74, 6) is -1.13. The highest BCUT2D eigenvalue weighted by molar-refractivity contribution is 6.09. The molecule has 0 bridgehead atoms. The first kappa shape index (κ1) is 25.2. The van der Waals surface area contributed by atoms with Gasteiger partial charge in [-0.3, -0.25) is 9.59 Å². The SMILES string of the molecule is CCN(CC)c1ccc2c(-c3ccccc3C(=O)ON3C(=O)CCC3=O)c3ccc(=[N+](C)C)cc-3oc2c1. The molecule has 8 nitrogen and oxygen atoms in total. The smallest absolute Gasteiger partial charge is 0.364 e. The first-order valence-corrected chi connectivity index (χ1v) is 12.8. The molecule has 1 fully saturated rings. The van der Waals surface area contributed by atoms with Gasteiger partial charge in [0.2, 0.25) is 5.36 Å². The second-order valence-electron chi connectivity index (χ2n) is 9.41. The molecule has 0 atom stereocenters. The highest BCUT2D eigenvalue weighted by Crippen LogP contribution is 2.42. The number of carbonyl (C=O) groups is 3. The Balaban J connectivity index is 1.75. The zero-order valence-electron chi connectivity index (χ0n) is 22.0. The Morgan fingerprint density at radius 3 is 2.34 bits per heavy atom. The van der Waals surface area contributed by atoms with Gasteiger partial charge in [0.1, 0.15) is 25.4 Å². The molecule has 2 aliphatic heterocycles. The number of imide groups is 1. The lowest BCUT2D eigenvalue weighted by molar-refractivity contribution is -0.172. The first-order valence-electron chi connectivity index (χ1n) is 12.8. The number of fused-ring (bicyclic) bond motifs is 2. The van der Waals surface area contributed by atoms with Crippen molar-refractivity contribution in [2.24, 2.45) is 0 Å². The summed E-state index contributed by atoms with van der Waals surface area (Å²) in [5.41, 5.74) is 4.23. The maximum Gasteiger partial charge on any atom is 0.364 e. The molecule has 8 heteroatoms. The van der Waals surface area contributed by atoms with Crippen LogP contribution >= 0.6 is 0 Å². The summed E-state index contributed by atoms with van der Waals surface area (Å²) in [7, 11) is 3.93. The first-order chi connectivity index (χ1) is 18.3. The van der Waals surface area contributed by atoms with Gasteiger partial charge in [0, 0.05) is 60.3 Å². The summed E-state index contributed by atoms with van der Waals surface area (Å²) in [5, 5.41) is 2.39. The second kappa shape index (κ2) is 10.1. The molecule has 5 rings (SSSR count). The zero-order valence-corrected chi connectivity index (χ0v) is 22.0. The predicted octanol–water partition coefficient (Wildman–Crippen LogP) is 4.30. The van der Waals surface area contributed by atoms with Crippen molar-refractivity contribution in [2.45, 2.75) is 26.7 Å². The van der Waals surface area contributed by atoms with Gasteiger partial charge >= 0.3 is 5.97 Å². The molecule has 0 saturated carbocycles. The van der Waals surface area contributed by atoms with E-state index in [1.165, 1.54) is 0 Å². The van der Waals surface area contributed by atoms with Crippen LogP contribution in [0.3, 0.4) is 0 Å². The molecule has 2 heterocycles. The van der Waals surface area contributed by atoms with E-state index in [2.05, 4.69) is 24.8 Å². The molecule has 3 aliphatic rings. The fourth-order valence-corrected chi connectivity index (χ4v) is 4.89. The Bertz CT molecular complexity index is 1600. The van der Waals surface area contributed by atoms with Crippen molar-refractivity contribution in [2.75, 3.05) is 32.1 Å². The van der Waals surface area contributed by atoms with E-state index in [-0.39, 0.29) is 18.4 Å². The fourth-order valence-electron chi connectivity index (χ4n) is 4.89. The van der Waals surface area contributed by atoms with E-state index in [0.717, 1.165) is 40.6 Å². The quantitative estimate of drug-likeness (QED) is 0.218. The van der Waals surface area contributed by atoms with Gasteiger partial charge < -0.3 is 14.2 Å². The minimum Gasteiger partial charge on any atom is -0.456 e. The van der Waals surface area contributed by atoms with Gasteiger partial charge in [-0.2, -0.15) is 0 Å². The molecule has 0 unspecified atom stereocenters. The van der Waals surface area contributed by atoms with E-state index in [1.807, 2.05) is 61.1 Å².